The summed E-state index contributed by atoms with van der Waals surface area (Å²) < 4.78 is 22.4. The van der Waals surface area contributed by atoms with Gasteiger partial charge in [0.15, 0.2) is 0 Å². The maximum atomic E-state index is 12.7. The molecular formula is C25H28N4O5. The number of nitrogens with zero attached hydrogens (tertiary/aromatic N) is 4. The summed E-state index contributed by atoms with van der Waals surface area (Å²) >= 11 is 0. The molecule has 1 aromatic heterocycles. The van der Waals surface area contributed by atoms with Gasteiger partial charge in [0.05, 0.1) is 26.9 Å². The number of rotatable bonds is 7. The molecular weight excluding hydrogens is 436 g/mol. The summed E-state index contributed by atoms with van der Waals surface area (Å²) in [5.74, 6) is 1.51. The van der Waals surface area contributed by atoms with E-state index in [0.29, 0.717) is 25.7 Å². The zero-order chi connectivity index (χ0) is 23.3. The van der Waals surface area contributed by atoms with E-state index in [9.17, 15) is 4.79 Å². The summed E-state index contributed by atoms with van der Waals surface area (Å²) in [7, 11) is 1.60. The van der Waals surface area contributed by atoms with Gasteiger partial charge in [-0.25, -0.2) is 0 Å². The molecule has 2 fully saturated rings. The van der Waals surface area contributed by atoms with Crippen LogP contribution in [0.1, 0.15) is 29.1 Å². The van der Waals surface area contributed by atoms with E-state index in [-0.39, 0.29) is 17.9 Å². The summed E-state index contributed by atoms with van der Waals surface area (Å²) in [4.78, 5) is 16.6. The van der Waals surface area contributed by atoms with Gasteiger partial charge in [-0.05, 0) is 54.8 Å². The number of aromatic nitrogens is 2. The maximum Gasteiger partial charge on any atom is 0.311 e. The lowest BCUT2D eigenvalue weighted by atomic mass is 10.1. The molecule has 9 heteroatoms. The summed E-state index contributed by atoms with van der Waals surface area (Å²) in [5.41, 5.74) is 1.95. The number of benzene rings is 2. The minimum Gasteiger partial charge on any atom is -0.497 e. The Morgan fingerprint density at radius 3 is 2.56 bits per heavy atom. The fraction of sp³-hybridized carbons (Fsp3) is 0.400. The van der Waals surface area contributed by atoms with Gasteiger partial charge in [0.1, 0.15) is 17.6 Å². The van der Waals surface area contributed by atoms with E-state index in [1.165, 1.54) is 12.0 Å². The van der Waals surface area contributed by atoms with Gasteiger partial charge in [-0.3, -0.25) is 9.69 Å². The van der Waals surface area contributed by atoms with E-state index in [2.05, 4.69) is 27.2 Å². The van der Waals surface area contributed by atoms with E-state index in [1.54, 1.807) is 36.3 Å². The van der Waals surface area contributed by atoms with Crippen LogP contribution in [0.2, 0.25) is 0 Å². The average Bonchev–Trinajstić information content (AvgIpc) is 3.20. The lowest BCUT2D eigenvalue weighted by Crippen LogP contribution is -2.56. The molecule has 178 valence electrons. The number of amides is 1. The van der Waals surface area contributed by atoms with Crippen LogP contribution in [-0.2, 0) is 11.3 Å². The smallest absolute Gasteiger partial charge is 0.311 e. The fourth-order valence-corrected chi connectivity index (χ4v) is 4.02. The molecule has 34 heavy (non-hydrogen) atoms. The van der Waals surface area contributed by atoms with Gasteiger partial charge in [-0.15, -0.1) is 10.2 Å². The molecule has 9 nitrogen and oxygen atoms in total. The molecule has 2 saturated heterocycles. The largest absolute Gasteiger partial charge is 0.497 e. The Balaban J connectivity index is 1.10. The number of carbonyl (C=O) groups is 1. The first-order valence-corrected chi connectivity index (χ1v) is 11.5. The van der Waals surface area contributed by atoms with Gasteiger partial charge in [0.25, 0.3) is 0 Å². The van der Waals surface area contributed by atoms with E-state index in [0.717, 1.165) is 43.2 Å². The molecule has 2 aliphatic heterocycles. The Morgan fingerprint density at radius 2 is 1.79 bits per heavy atom. The summed E-state index contributed by atoms with van der Waals surface area (Å²) in [6, 6.07) is 15.3. The first-order valence-electron chi connectivity index (χ1n) is 11.5. The van der Waals surface area contributed by atoms with Gasteiger partial charge in [0, 0.05) is 25.3 Å². The van der Waals surface area contributed by atoms with Crippen molar-refractivity contribution in [2.45, 2.75) is 25.5 Å². The number of carbonyl (C=O) groups excluding carboxylic acids is 1. The quantitative estimate of drug-likeness (QED) is 0.527. The number of hydrogen-bond acceptors (Lipinski definition) is 8. The van der Waals surface area contributed by atoms with Crippen molar-refractivity contribution < 1.29 is 23.4 Å². The molecule has 0 saturated carbocycles. The highest BCUT2D eigenvalue weighted by atomic mass is 16.5. The topological polar surface area (TPSA) is 90.2 Å². The third-order valence-electron chi connectivity index (χ3n) is 6.00. The average molecular weight is 465 g/mol. The van der Waals surface area contributed by atoms with Crippen LogP contribution < -0.4 is 9.47 Å². The molecule has 2 aromatic carbocycles. The molecule has 0 unspecified atom stereocenters. The summed E-state index contributed by atoms with van der Waals surface area (Å²) in [6.45, 7) is 4.42. The van der Waals surface area contributed by atoms with E-state index >= 15 is 0 Å². The Morgan fingerprint density at radius 1 is 1.03 bits per heavy atom. The molecule has 0 radical (unpaired) electrons. The lowest BCUT2D eigenvalue weighted by Gasteiger charge is -2.38. The minimum absolute atomic E-state index is 0.0221. The van der Waals surface area contributed by atoms with Crippen molar-refractivity contribution in [3.63, 3.8) is 0 Å². The SMILES string of the molecule is COc1ccc(-c2nnc(C(=O)N3CC(Oc4ccc(CN5CCCCOC5)cc4)C3)o2)cc1. The predicted octanol–water partition coefficient (Wildman–Crippen LogP) is 3.22. The van der Waals surface area contributed by atoms with Crippen molar-refractivity contribution in [1.29, 1.82) is 0 Å². The molecule has 0 bridgehead atoms. The Hall–Kier alpha value is -3.43. The highest BCUT2D eigenvalue weighted by molar-refractivity contribution is 5.90. The van der Waals surface area contributed by atoms with Crippen molar-refractivity contribution in [3.8, 4) is 23.0 Å². The third kappa shape index (κ3) is 5.21. The van der Waals surface area contributed by atoms with Crippen molar-refractivity contribution in [2.75, 3.05) is 40.1 Å². The van der Waals surface area contributed by atoms with Crippen molar-refractivity contribution in [2.24, 2.45) is 0 Å². The van der Waals surface area contributed by atoms with Crippen molar-refractivity contribution in [1.82, 2.24) is 20.0 Å². The van der Waals surface area contributed by atoms with Gasteiger partial charge in [-0.2, -0.15) is 0 Å². The first kappa shape index (κ1) is 22.4. The number of hydrogen-bond donors (Lipinski definition) is 0. The highest BCUT2D eigenvalue weighted by Crippen LogP contribution is 2.24. The molecule has 3 heterocycles. The molecule has 0 atom stereocenters. The van der Waals surface area contributed by atoms with Crippen LogP contribution in [0.5, 0.6) is 11.5 Å². The Labute approximate surface area is 198 Å². The number of methoxy groups -OCH3 is 1. The summed E-state index contributed by atoms with van der Waals surface area (Å²) in [5, 5.41) is 7.92. The van der Waals surface area contributed by atoms with Gasteiger partial charge >= 0.3 is 11.8 Å². The number of ether oxygens (including phenoxy) is 3. The molecule has 3 aromatic rings. The van der Waals surface area contributed by atoms with E-state index in [4.69, 9.17) is 18.6 Å². The van der Waals surface area contributed by atoms with Crippen LogP contribution in [0.15, 0.2) is 52.9 Å². The Kier molecular flexibility index (Phi) is 6.73. The molecule has 2 aliphatic rings. The predicted molar refractivity (Wildman–Crippen MR) is 124 cm³/mol. The monoisotopic (exact) mass is 464 g/mol. The van der Waals surface area contributed by atoms with Crippen molar-refractivity contribution in [3.05, 3.63) is 60.0 Å². The van der Waals surface area contributed by atoms with Crippen molar-refractivity contribution >= 4 is 5.91 Å². The molecule has 0 spiro atoms. The van der Waals surface area contributed by atoms with Crippen LogP contribution >= 0.6 is 0 Å². The first-order chi connectivity index (χ1) is 16.7. The van der Waals surface area contributed by atoms with E-state index in [1.807, 2.05) is 12.1 Å². The molecule has 5 rings (SSSR count). The molecule has 0 aliphatic carbocycles. The third-order valence-corrected chi connectivity index (χ3v) is 6.00. The van der Waals surface area contributed by atoms with Crippen LogP contribution in [0.3, 0.4) is 0 Å². The minimum atomic E-state index is -0.290. The van der Waals surface area contributed by atoms with Crippen LogP contribution in [-0.4, -0.2) is 72.1 Å². The van der Waals surface area contributed by atoms with Gasteiger partial charge in [-0.1, -0.05) is 12.1 Å². The standard InChI is InChI=1S/C25H28N4O5/c1-31-20-10-6-19(7-11-20)23-26-27-24(34-23)25(30)29-15-22(16-29)33-21-8-4-18(5-9-21)14-28-12-2-3-13-32-17-28/h4-11,22H,2-3,12-17H2,1H3. The van der Waals surface area contributed by atoms with Gasteiger partial charge in [0.2, 0.25) is 5.89 Å². The van der Waals surface area contributed by atoms with Crippen LogP contribution in [0.25, 0.3) is 11.5 Å². The normalized spacial score (nSPS) is 17.1. The Bertz CT molecular complexity index is 1090. The van der Waals surface area contributed by atoms with Gasteiger partial charge < -0.3 is 23.5 Å². The zero-order valence-corrected chi connectivity index (χ0v) is 19.2. The second kappa shape index (κ2) is 10.2. The molecule has 1 amide bonds. The lowest BCUT2D eigenvalue weighted by molar-refractivity contribution is 0.0149. The zero-order valence-electron chi connectivity index (χ0n) is 19.2. The number of likely N-dealkylation sites (tertiary alicyclic amines) is 1. The van der Waals surface area contributed by atoms with Crippen LogP contribution in [0.4, 0.5) is 0 Å². The second-order valence-electron chi connectivity index (χ2n) is 8.53. The maximum absolute atomic E-state index is 12.7. The molecule has 0 N–H and O–H groups in total. The highest BCUT2D eigenvalue weighted by Gasteiger charge is 2.35. The fourth-order valence-electron chi connectivity index (χ4n) is 4.02. The van der Waals surface area contributed by atoms with Crippen LogP contribution in [0, 0.1) is 0 Å². The summed E-state index contributed by atoms with van der Waals surface area (Å²) in [6.07, 6.45) is 2.24. The second-order valence-corrected chi connectivity index (χ2v) is 8.53. The van der Waals surface area contributed by atoms with E-state index < -0.39 is 0 Å².